The molecule has 38 heavy (non-hydrogen) atoms. The molecule has 0 radical (unpaired) electrons. The van der Waals surface area contributed by atoms with E-state index in [1.807, 2.05) is 48.5 Å². The zero-order valence-corrected chi connectivity index (χ0v) is 23.8. The number of benzene rings is 3. The monoisotopic (exact) mass is 568 g/mol. The van der Waals surface area contributed by atoms with E-state index in [9.17, 15) is 9.59 Å². The summed E-state index contributed by atoms with van der Waals surface area (Å²) in [5.74, 6) is 1.29. The second-order valence-electron chi connectivity index (χ2n) is 9.71. The Labute approximate surface area is 240 Å². The van der Waals surface area contributed by atoms with E-state index in [-0.39, 0.29) is 24.4 Å². The molecule has 200 valence electrons. The molecule has 0 heterocycles. The lowest BCUT2D eigenvalue weighted by molar-refractivity contribution is -0.141. The predicted molar refractivity (Wildman–Crippen MR) is 159 cm³/mol. The number of carbonyl (C=O) groups is 2. The van der Waals surface area contributed by atoms with Crippen LogP contribution in [0.2, 0.25) is 10.0 Å². The molecule has 1 aliphatic rings. The first-order valence-corrected chi connectivity index (χ1v) is 15.1. The number of hydrogen-bond acceptors (Lipinski definition) is 3. The van der Waals surface area contributed by atoms with Gasteiger partial charge in [0.05, 0.1) is 0 Å². The van der Waals surface area contributed by atoms with Crippen LogP contribution >= 0.6 is 35.0 Å². The van der Waals surface area contributed by atoms with Gasteiger partial charge in [-0.1, -0.05) is 103 Å². The van der Waals surface area contributed by atoms with Gasteiger partial charge in [0.2, 0.25) is 11.8 Å². The quantitative estimate of drug-likeness (QED) is 0.233. The number of thioether (sulfide) groups is 1. The standard InChI is InChI=1S/C31H34Cl2N2O2S/c32-27-16-9-17-28(33)26(27)21-35(30(36)18-19-38-22-24-12-5-2-6-13-24)29(20-23-10-3-1-4-11-23)31(37)34-25-14-7-8-15-25/h1-6,9-13,16-17,25,29H,7-8,14-15,18-22H2,(H,34,37). The van der Waals surface area contributed by atoms with Gasteiger partial charge in [-0.05, 0) is 36.1 Å². The highest BCUT2D eigenvalue weighted by atomic mass is 35.5. The summed E-state index contributed by atoms with van der Waals surface area (Å²) < 4.78 is 0. The normalized spacial score (nSPS) is 14.3. The van der Waals surface area contributed by atoms with Gasteiger partial charge < -0.3 is 10.2 Å². The first-order valence-electron chi connectivity index (χ1n) is 13.2. The fourth-order valence-corrected chi connectivity index (χ4v) is 6.25. The Hall–Kier alpha value is -2.47. The van der Waals surface area contributed by atoms with Crippen molar-refractivity contribution >= 4 is 46.8 Å². The molecule has 0 aromatic heterocycles. The van der Waals surface area contributed by atoms with Gasteiger partial charge in [0.1, 0.15) is 6.04 Å². The van der Waals surface area contributed by atoms with Crippen molar-refractivity contribution < 1.29 is 9.59 Å². The lowest BCUT2D eigenvalue weighted by Crippen LogP contribution is -2.52. The number of amides is 2. The topological polar surface area (TPSA) is 49.4 Å². The molecule has 1 aliphatic carbocycles. The van der Waals surface area contributed by atoms with Gasteiger partial charge in [0, 0.05) is 52.5 Å². The van der Waals surface area contributed by atoms with Crippen molar-refractivity contribution in [3.05, 3.63) is 106 Å². The smallest absolute Gasteiger partial charge is 0.243 e. The van der Waals surface area contributed by atoms with Gasteiger partial charge in [0.25, 0.3) is 0 Å². The summed E-state index contributed by atoms with van der Waals surface area (Å²) in [5.41, 5.74) is 2.89. The third-order valence-corrected chi connectivity index (χ3v) is 8.67. The molecule has 4 rings (SSSR count). The van der Waals surface area contributed by atoms with Gasteiger partial charge in [-0.15, -0.1) is 0 Å². The maximum absolute atomic E-state index is 13.8. The fourth-order valence-electron chi connectivity index (χ4n) is 4.84. The maximum Gasteiger partial charge on any atom is 0.243 e. The summed E-state index contributed by atoms with van der Waals surface area (Å²) in [6, 6.07) is 24.9. The minimum absolute atomic E-state index is 0.0796. The summed E-state index contributed by atoms with van der Waals surface area (Å²) in [5, 5.41) is 4.21. The molecule has 1 saturated carbocycles. The van der Waals surface area contributed by atoms with Gasteiger partial charge >= 0.3 is 0 Å². The SMILES string of the molecule is O=C(NC1CCCC1)C(Cc1ccccc1)N(Cc1c(Cl)cccc1Cl)C(=O)CCSCc1ccccc1. The van der Waals surface area contributed by atoms with Crippen molar-refractivity contribution in [2.24, 2.45) is 0 Å². The number of nitrogens with zero attached hydrogens (tertiary/aromatic N) is 1. The third-order valence-electron chi connectivity index (χ3n) is 6.93. The van der Waals surface area contributed by atoms with E-state index in [1.165, 1.54) is 5.56 Å². The van der Waals surface area contributed by atoms with Crippen LogP contribution in [0.25, 0.3) is 0 Å². The second kappa shape index (κ2) is 14.6. The van der Waals surface area contributed by atoms with Gasteiger partial charge in [0.15, 0.2) is 0 Å². The number of rotatable bonds is 12. The lowest BCUT2D eigenvalue weighted by Gasteiger charge is -2.33. The Bertz CT molecular complexity index is 1170. The van der Waals surface area contributed by atoms with Crippen LogP contribution in [0.15, 0.2) is 78.9 Å². The van der Waals surface area contributed by atoms with Crippen LogP contribution in [0.5, 0.6) is 0 Å². The molecule has 2 amide bonds. The molecule has 0 aliphatic heterocycles. The summed E-state index contributed by atoms with van der Waals surface area (Å²) in [6.45, 7) is 0.177. The Morgan fingerprint density at radius 2 is 1.47 bits per heavy atom. The van der Waals surface area contributed by atoms with E-state index >= 15 is 0 Å². The molecular weight excluding hydrogens is 535 g/mol. The minimum Gasteiger partial charge on any atom is -0.352 e. The molecule has 3 aromatic rings. The summed E-state index contributed by atoms with van der Waals surface area (Å²) in [4.78, 5) is 29.2. The van der Waals surface area contributed by atoms with Crippen LogP contribution in [0, 0.1) is 0 Å². The van der Waals surface area contributed by atoms with Crippen LogP contribution in [0.4, 0.5) is 0 Å². The lowest BCUT2D eigenvalue weighted by atomic mass is 10.0. The zero-order chi connectivity index (χ0) is 26.7. The van der Waals surface area contributed by atoms with Crippen LogP contribution in [-0.4, -0.2) is 34.6 Å². The summed E-state index contributed by atoms with van der Waals surface area (Å²) in [6.07, 6.45) is 4.93. The molecule has 0 spiro atoms. The zero-order valence-electron chi connectivity index (χ0n) is 21.5. The van der Waals surface area contributed by atoms with Crippen molar-refractivity contribution in [1.82, 2.24) is 10.2 Å². The Morgan fingerprint density at radius 1 is 0.868 bits per heavy atom. The van der Waals surface area contributed by atoms with Crippen molar-refractivity contribution in [3.8, 4) is 0 Å². The van der Waals surface area contributed by atoms with E-state index in [1.54, 1.807) is 34.9 Å². The van der Waals surface area contributed by atoms with Crippen LogP contribution in [0.3, 0.4) is 0 Å². The van der Waals surface area contributed by atoms with Crippen molar-refractivity contribution in [2.45, 2.75) is 62.9 Å². The van der Waals surface area contributed by atoms with Crippen LogP contribution in [0.1, 0.15) is 48.8 Å². The largest absolute Gasteiger partial charge is 0.352 e. The van der Waals surface area contributed by atoms with Gasteiger partial charge in [-0.3, -0.25) is 9.59 Å². The highest BCUT2D eigenvalue weighted by Gasteiger charge is 2.32. The second-order valence-corrected chi connectivity index (χ2v) is 11.6. The van der Waals surface area contributed by atoms with Crippen molar-refractivity contribution in [1.29, 1.82) is 0 Å². The number of nitrogens with one attached hydrogen (secondary N) is 1. The molecule has 1 fully saturated rings. The van der Waals surface area contributed by atoms with Crippen molar-refractivity contribution in [2.75, 3.05) is 5.75 Å². The molecule has 1 N–H and O–H groups in total. The highest BCUT2D eigenvalue weighted by molar-refractivity contribution is 7.98. The Morgan fingerprint density at radius 3 is 2.11 bits per heavy atom. The summed E-state index contributed by atoms with van der Waals surface area (Å²) in [7, 11) is 0. The first-order chi connectivity index (χ1) is 18.5. The molecule has 4 nitrogen and oxygen atoms in total. The molecular formula is C31H34Cl2N2O2S. The van der Waals surface area contributed by atoms with Crippen LogP contribution in [-0.2, 0) is 28.3 Å². The van der Waals surface area contributed by atoms with Gasteiger partial charge in [-0.2, -0.15) is 11.8 Å². The predicted octanol–water partition coefficient (Wildman–Crippen LogP) is 7.32. The minimum atomic E-state index is -0.669. The third kappa shape index (κ3) is 8.26. The average molecular weight is 570 g/mol. The molecule has 0 bridgehead atoms. The Balaban J connectivity index is 1.56. The Kier molecular flexibility index (Phi) is 11.0. The van der Waals surface area contributed by atoms with E-state index < -0.39 is 6.04 Å². The number of hydrogen-bond donors (Lipinski definition) is 1. The molecule has 7 heteroatoms. The van der Waals surface area contributed by atoms with Crippen LogP contribution < -0.4 is 5.32 Å². The first kappa shape index (κ1) is 28.5. The average Bonchev–Trinajstić information content (AvgIpc) is 3.44. The number of carbonyl (C=O) groups excluding carboxylic acids is 2. The van der Waals surface area contributed by atoms with E-state index in [2.05, 4.69) is 17.4 Å². The highest BCUT2D eigenvalue weighted by Crippen LogP contribution is 2.28. The number of halogens is 2. The molecule has 3 aromatic carbocycles. The maximum atomic E-state index is 13.8. The molecule has 1 atom stereocenters. The molecule has 0 saturated heterocycles. The van der Waals surface area contributed by atoms with E-state index in [0.717, 1.165) is 37.0 Å². The fraction of sp³-hybridized carbons (Fsp3) is 0.355. The van der Waals surface area contributed by atoms with E-state index in [4.69, 9.17) is 23.2 Å². The van der Waals surface area contributed by atoms with Crippen molar-refractivity contribution in [3.63, 3.8) is 0 Å². The van der Waals surface area contributed by atoms with E-state index in [0.29, 0.717) is 34.2 Å². The summed E-state index contributed by atoms with van der Waals surface area (Å²) >= 11 is 14.8. The molecule has 1 unspecified atom stereocenters. The van der Waals surface area contributed by atoms with Gasteiger partial charge in [-0.25, -0.2) is 0 Å².